The minimum absolute atomic E-state index is 0.0961. The molecule has 72 valence electrons. The maximum Gasteiger partial charge on any atom is 0.342 e. The van der Waals surface area contributed by atoms with Gasteiger partial charge in [0.25, 0.3) is 0 Å². The number of nitrogens with zero attached hydrogens (tertiary/aromatic N) is 1. The topological polar surface area (TPSA) is 55.0 Å². The van der Waals surface area contributed by atoms with Crippen LogP contribution in [0.4, 0.5) is 0 Å². The Morgan fingerprint density at radius 2 is 2.08 bits per heavy atom. The number of carbonyl (C=O) groups is 1. The highest BCUT2D eigenvalue weighted by Gasteiger charge is 2.17. The second kappa shape index (κ2) is 3.60. The van der Waals surface area contributed by atoms with E-state index in [1.54, 1.807) is 13.8 Å². The predicted octanol–water partition coefficient (Wildman–Crippen LogP) is 1.59. The molecule has 4 nitrogen and oxygen atoms in total. The van der Waals surface area contributed by atoms with E-state index in [0.717, 1.165) is 5.69 Å². The molecule has 13 heavy (non-hydrogen) atoms. The Kier molecular flexibility index (Phi) is 2.70. The Hall–Kier alpha value is -1.32. The molecule has 0 fully saturated rings. The number of hydrogen-bond donors (Lipinski definition) is 1. The zero-order valence-electron chi connectivity index (χ0n) is 8.34. The summed E-state index contributed by atoms with van der Waals surface area (Å²) in [6, 6.07) is 0. The van der Waals surface area contributed by atoms with Gasteiger partial charge in [-0.25, -0.2) is 4.79 Å². The first kappa shape index (κ1) is 9.77. The van der Waals surface area contributed by atoms with E-state index in [0.29, 0.717) is 11.3 Å². The summed E-state index contributed by atoms with van der Waals surface area (Å²) in [6.45, 7) is 7.22. The molecule has 4 heteroatoms. The normalized spacial score (nSPS) is 10.5. The number of carbonyl (C=O) groups excluding carboxylic acids is 1. The fourth-order valence-corrected chi connectivity index (χ4v) is 1.12. The minimum atomic E-state index is -0.307. The number of aromatic amines is 1. The van der Waals surface area contributed by atoms with Gasteiger partial charge in [-0.1, -0.05) is 0 Å². The van der Waals surface area contributed by atoms with Crippen molar-refractivity contribution in [2.75, 3.05) is 0 Å². The molecule has 1 rings (SSSR count). The molecular weight excluding hydrogens is 168 g/mol. The number of rotatable bonds is 2. The van der Waals surface area contributed by atoms with E-state index in [2.05, 4.69) is 10.2 Å². The van der Waals surface area contributed by atoms with Crippen LogP contribution in [-0.4, -0.2) is 22.3 Å². The van der Waals surface area contributed by atoms with Crippen molar-refractivity contribution in [3.8, 4) is 0 Å². The number of H-pyrrole nitrogens is 1. The van der Waals surface area contributed by atoms with Crippen LogP contribution in [0.5, 0.6) is 0 Å². The van der Waals surface area contributed by atoms with Crippen LogP contribution < -0.4 is 0 Å². The Morgan fingerprint density at radius 1 is 1.46 bits per heavy atom. The molecule has 0 aromatic carbocycles. The lowest BCUT2D eigenvalue weighted by atomic mass is 10.2. The highest BCUT2D eigenvalue weighted by atomic mass is 16.5. The number of nitrogens with one attached hydrogen (secondary N) is 1. The highest BCUT2D eigenvalue weighted by molar-refractivity contribution is 5.91. The first-order valence-corrected chi connectivity index (χ1v) is 4.25. The molecular formula is C9H14N2O2. The summed E-state index contributed by atoms with van der Waals surface area (Å²) in [7, 11) is 0. The van der Waals surface area contributed by atoms with Crippen molar-refractivity contribution in [3.63, 3.8) is 0 Å². The third kappa shape index (κ3) is 2.08. The molecule has 0 spiro atoms. The van der Waals surface area contributed by atoms with Gasteiger partial charge in [0.05, 0.1) is 11.8 Å². The second-order valence-corrected chi connectivity index (χ2v) is 3.26. The SMILES string of the molecule is Cc1n[nH]c(C)c1C(=O)OC(C)C. The quantitative estimate of drug-likeness (QED) is 0.706. The zero-order chi connectivity index (χ0) is 10.0. The number of esters is 1. The molecule has 0 aliphatic carbocycles. The summed E-state index contributed by atoms with van der Waals surface area (Å²) < 4.78 is 5.06. The van der Waals surface area contributed by atoms with Gasteiger partial charge >= 0.3 is 5.97 Å². The predicted molar refractivity (Wildman–Crippen MR) is 48.6 cm³/mol. The van der Waals surface area contributed by atoms with Crippen molar-refractivity contribution in [1.82, 2.24) is 10.2 Å². The molecule has 0 saturated heterocycles. The third-order valence-electron chi connectivity index (χ3n) is 1.67. The van der Waals surface area contributed by atoms with E-state index >= 15 is 0 Å². The molecule has 0 aliphatic rings. The van der Waals surface area contributed by atoms with Crippen LogP contribution in [0.25, 0.3) is 0 Å². The number of hydrogen-bond acceptors (Lipinski definition) is 3. The summed E-state index contributed by atoms with van der Waals surface area (Å²) in [5, 5.41) is 6.66. The van der Waals surface area contributed by atoms with Gasteiger partial charge in [0.15, 0.2) is 0 Å². The Bertz CT molecular complexity index is 296. The molecule has 0 unspecified atom stereocenters. The van der Waals surface area contributed by atoms with Crippen LogP contribution in [0.2, 0.25) is 0 Å². The second-order valence-electron chi connectivity index (χ2n) is 3.26. The van der Waals surface area contributed by atoms with E-state index in [4.69, 9.17) is 4.74 Å². The van der Waals surface area contributed by atoms with E-state index in [1.807, 2.05) is 13.8 Å². The largest absolute Gasteiger partial charge is 0.459 e. The standard InChI is InChI=1S/C9H14N2O2/c1-5(2)13-9(12)8-6(3)10-11-7(8)4/h5H,1-4H3,(H,10,11). The molecule has 0 aliphatic heterocycles. The van der Waals surface area contributed by atoms with E-state index in [1.165, 1.54) is 0 Å². The van der Waals surface area contributed by atoms with Crippen molar-refractivity contribution < 1.29 is 9.53 Å². The van der Waals surface area contributed by atoms with Crippen molar-refractivity contribution in [2.24, 2.45) is 0 Å². The van der Waals surface area contributed by atoms with Gasteiger partial charge < -0.3 is 4.74 Å². The Morgan fingerprint density at radius 3 is 2.46 bits per heavy atom. The van der Waals surface area contributed by atoms with Crippen LogP contribution in [0.3, 0.4) is 0 Å². The van der Waals surface area contributed by atoms with Crippen LogP contribution >= 0.6 is 0 Å². The van der Waals surface area contributed by atoms with Crippen molar-refractivity contribution >= 4 is 5.97 Å². The molecule has 0 saturated carbocycles. The van der Waals surface area contributed by atoms with Crippen LogP contribution in [0, 0.1) is 13.8 Å². The van der Waals surface area contributed by atoms with Crippen LogP contribution in [-0.2, 0) is 4.74 Å². The van der Waals surface area contributed by atoms with Crippen molar-refractivity contribution in [3.05, 3.63) is 17.0 Å². The first-order chi connectivity index (χ1) is 6.02. The molecule has 0 bridgehead atoms. The van der Waals surface area contributed by atoms with Gasteiger partial charge in [0.2, 0.25) is 0 Å². The van der Waals surface area contributed by atoms with Crippen molar-refractivity contribution in [1.29, 1.82) is 0 Å². The van der Waals surface area contributed by atoms with Gasteiger partial charge in [-0.15, -0.1) is 0 Å². The monoisotopic (exact) mass is 182 g/mol. The molecule has 0 amide bonds. The van der Waals surface area contributed by atoms with E-state index in [9.17, 15) is 4.79 Å². The van der Waals surface area contributed by atoms with Crippen LogP contribution in [0.15, 0.2) is 0 Å². The number of aromatic nitrogens is 2. The van der Waals surface area contributed by atoms with Gasteiger partial charge in [-0.3, -0.25) is 5.10 Å². The lowest BCUT2D eigenvalue weighted by Crippen LogP contribution is -2.12. The smallest absolute Gasteiger partial charge is 0.342 e. The average molecular weight is 182 g/mol. The fraction of sp³-hybridized carbons (Fsp3) is 0.556. The molecule has 1 aromatic rings. The molecule has 1 heterocycles. The Balaban J connectivity index is 2.88. The lowest BCUT2D eigenvalue weighted by molar-refractivity contribution is 0.0376. The maximum absolute atomic E-state index is 11.5. The lowest BCUT2D eigenvalue weighted by Gasteiger charge is -2.07. The van der Waals surface area contributed by atoms with Crippen LogP contribution in [0.1, 0.15) is 35.6 Å². The fourth-order valence-electron chi connectivity index (χ4n) is 1.12. The average Bonchev–Trinajstić information content (AvgIpc) is 2.29. The molecule has 0 atom stereocenters. The zero-order valence-corrected chi connectivity index (χ0v) is 8.34. The molecule has 1 aromatic heterocycles. The number of aryl methyl sites for hydroxylation is 2. The molecule has 1 N–H and O–H groups in total. The van der Waals surface area contributed by atoms with E-state index < -0.39 is 0 Å². The summed E-state index contributed by atoms with van der Waals surface area (Å²) in [5.74, 6) is -0.307. The minimum Gasteiger partial charge on any atom is -0.459 e. The summed E-state index contributed by atoms with van der Waals surface area (Å²) in [4.78, 5) is 11.5. The molecule has 0 radical (unpaired) electrons. The summed E-state index contributed by atoms with van der Waals surface area (Å²) >= 11 is 0. The summed E-state index contributed by atoms with van der Waals surface area (Å²) in [5.41, 5.74) is 1.99. The maximum atomic E-state index is 11.5. The van der Waals surface area contributed by atoms with E-state index in [-0.39, 0.29) is 12.1 Å². The van der Waals surface area contributed by atoms with Crippen molar-refractivity contribution in [2.45, 2.75) is 33.8 Å². The first-order valence-electron chi connectivity index (χ1n) is 4.25. The third-order valence-corrected chi connectivity index (χ3v) is 1.67. The summed E-state index contributed by atoms with van der Waals surface area (Å²) in [6.07, 6.45) is -0.0961. The van der Waals surface area contributed by atoms with Gasteiger partial charge in [-0.05, 0) is 27.7 Å². The van der Waals surface area contributed by atoms with Gasteiger partial charge in [0.1, 0.15) is 5.56 Å². The Labute approximate surface area is 77.3 Å². The van der Waals surface area contributed by atoms with Gasteiger partial charge in [0, 0.05) is 5.69 Å². The highest BCUT2D eigenvalue weighted by Crippen LogP contribution is 2.11. The number of ether oxygens (including phenoxy) is 1. The van der Waals surface area contributed by atoms with Gasteiger partial charge in [-0.2, -0.15) is 5.10 Å².